The molecule has 27 heavy (non-hydrogen) atoms. The molecule has 1 fully saturated rings. The van der Waals surface area contributed by atoms with Crippen molar-refractivity contribution in [2.24, 2.45) is 0 Å². The van der Waals surface area contributed by atoms with Crippen molar-refractivity contribution in [3.8, 4) is 5.75 Å². The lowest BCUT2D eigenvalue weighted by atomic mass is 9.98. The number of nitrogens with zero attached hydrogens (tertiary/aromatic N) is 1. The predicted molar refractivity (Wildman–Crippen MR) is 87.1 cm³/mol. The number of alkyl carbamates (subject to hydrolysis) is 1. The molecule has 1 N–H and O–H groups in total. The van der Waals surface area contributed by atoms with Gasteiger partial charge in [0.05, 0.1) is 6.04 Å². The summed E-state index contributed by atoms with van der Waals surface area (Å²) in [5.41, 5.74) is 1.08. The van der Waals surface area contributed by atoms with Crippen LogP contribution in [-0.4, -0.2) is 29.7 Å². The molecule has 2 aromatic rings. The molecular weight excluding hydrogens is 392 g/mol. The van der Waals surface area contributed by atoms with E-state index in [1.165, 1.54) is 18.3 Å². The number of hydrogen-bond donors (Lipinski definition) is 1. The number of carbonyl (C=O) groups is 1. The van der Waals surface area contributed by atoms with Crippen LogP contribution in [0, 0.1) is 0 Å². The van der Waals surface area contributed by atoms with E-state index in [0.717, 1.165) is 6.07 Å². The third kappa shape index (κ3) is 4.60. The molecule has 3 rings (SSSR count). The average molecular weight is 405 g/mol. The van der Waals surface area contributed by atoms with Gasteiger partial charge in [-0.2, -0.15) is 17.6 Å². The Morgan fingerprint density at radius 3 is 2.74 bits per heavy atom. The lowest BCUT2D eigenvalue weighted by Crippen LogP contribution is -2.33. The molecule has 0 spiro atoms. The van der Waals surface area contributed by atoms with Crippen LogP contribution in [0.4, 0.5) is 22.4 Å². The fraction of sp³-hybridized carbons (Fsp3) is 0.294. The molecule has 1 aromatic carbocycles. The quantitative estimate of drug-likeness (QED) is 0.574. The van der Waals surface area contributed by atoms with Gasteiger partial charge in [0.15, 0.2) is 6.10 Å². The highest BCUT2D eigenvalue weighted by Crippen LogP contribution is 2.31. The summed E-state index contributed by atoms with van der Waals surface area (Å²) in [5.74, 6) is -0.409. The first-order valence-corrected chi connectivity index (χ1v) is 8.15. The number of nitrogens with one attached hydrogen (secondary N) is 1. The van der Waals surface area contributed by atoms with E-state index in [2.05, 4.69) is 15.0 Å². The van der Waals surface area contributed by atoms with Crippen molar-refractivity contribution in [3.05, 3.63) is 58.9 Å². The van der Waals surface area contributed by atoms with Gasteiger partial charge < -0.3 is 14.8 Å². The standard InChI is InChI=1S/C17H13ClF4N2O3/c18-13-5-4-10(8-23-13)14-12(24-16(25)26-14)7-9-2-1-3-11(6-9)27-17(21,22)15(19)20/h1-6,8,12,14-15H,7H2,(H,24,25). The van der Waals surface area contributed by atoms with Crippen LogP contribution in [-0.2, 0) is 11.2 Å². The van der Waals surface area contributed by atoms with Crippen molar-refractivity contribution >= 4 is 17.7 Å². The van der Waals surface area contributed by atoms with Crippen LogP contribution in [0.2, 0.25) is 5.15 Å². The van der Waals surface area contributed by atoms with Crippen LogP contribution in [0.1, 0.15) is 17.2 Å². The number of halogens is 5. The lowest BCUT2D eigenvalue weighted by Gasteiger charge is -2.19. The second-order valence-electron chi connectivity index (χ2n) is 5.81. The first-order chi connectivity index (χ1) is 12.7. The van der Waals surface area contributed by atoms with Crippen molar-refractivity contribution in [3.63, 3.8) is 0 Å². The minimum atomic E-state index is -4.60. The van der Waals surface area contributed by atoms with E-state index in [1.807, 2.05) is 0 Å². The molecule has 2 unspecified atom stereocenters. The maximum Gasteiger partial charge on any atom is 0.461 e. The molecular formula is C17H13ClF4N2O3. The third-order valence-electron chi connectivity index (χ3n) is 3.84. The van der Waals surface area contributed by atoms with E-state index < -0.39 is 36.5 Å². The molecule has 0 radical (unpaired) electrons. The van der Waals surface area contributed by atoms with Gasteiger partial charge in [-0.05, 0) is 30.2 Å². The van der Waals surface area contributed by atoms with Gasteiger partial charge in [-0.3, -0.25) is 0 Å². The van der Waals surface area contributed by atoms with E-state index in [1.54, 1.807) is 18.2 Å². The van der Waals surface area contributed by atoms with Crippen LogP contribution in [0.3, 0.4) is 0 Å². The Morgan fingerprint density at radius 2 is 2.07 bits per heavy atom. The van der Waals surface area contributed by atoms with Crippen LogP contribution in [0.25, 0.3) is 0 Å². The zero-order chi connectivity index (χ0) is 19.6. The van der Waals surface area contributed by atoms with E-state index in [-0.39, 0.29) is 11.6 Å². The van der Waals surface area contributed by atoms with E-state index in [4.69, 9.17) is 16.3 Å². The van der Waals surface area contributed by atoms with Gasteiger partial charge in [-0.25, -0.2) is 9.78 Å². The maximum absolute atomic E-state index is 13.1. The van der Waals surface area contributed by atoms with E-state index in [0.29, 0.717) is 11.1 Å². The summed E-state index contributed by atoms with van der Waals surface area (Å²) in [7, 11) is 0. The molecule has 0 bridgehead atoms. The summed E-state index contributed by atoms with van der Waals surface area (Å²) in [4.78, 5) is 15.6. The van der Waals surface area contributed by atoms with Crippen molar-refractivity contribution in [1.29, 1.82) is 0 Å². The Bertz CT molecular complexity index is 820. The first-order valence-electron chi connectivity index (χ1n) is 7.77. The molecule has 10 heteroatoms. The highest BCUT2D eigenvalue weighted by atomic mass is 35.5. The fourth-order valence-corrected chi connectivity index (χ4v) is 2.78. The summed E-state index contributed by atoms with van der Waals surface area (Å²) in [6.45, 7) is 0. The van der Waals surface area contributed by atoms with Crippen molar-refractivity contribution in [1.82, 2.24) is 10.3 Å². The molecule has 1 amide bonds. The molecule has 2 atom stereocenters. The number of amides is 1. The molecule has 0 saturated carbocycles. The molecule has 1 aliphatic rings. The molecule has 1 saturated heterocycles. The summed E-state index contributed by atoms with van der Waals surface area (Å²) >= 11 is 5.74. The third-order valence-corrected chi connectivity index (χ3v) is 4.07. The number of alkyl halides is 4. The predicted octanol–water partition coefficient (Wildman–Crippen LogP) is 4.36. The van der Waals surface area contributed by atoms with E-state index >= 15 is 0 Å². The van der Waals surface area contributed by atoms with Gasteiger partial charge in [0.25, 0.3) is 0 Å². The number of carbonyl (C=O) groups excluding carboxylic acids is 1. The average Bonchev–Trinajstić information content (AvgIpc) is 2.95. The minimum absolute atomic E-state index is 0.191. The number of benzene rings is 1. The van der Waals surface area contributed by atoms with Crippen molar-refractivity contribution in [2.75, 3.05) is 0 Å². The first kappa shape index (κ1) is 19.2. The second kappa shape index (κ2) is 7.59. The summed E-state index contributed by atoms with van der Waals surface area (Å²) in [6, 6.07) is 8.00. The molecule has 1 aromatic heterocycles. The Morgan fingerprint density at radius 1 is 1.30 bits per heavy atom. The largest absolute Gasteiger partial charge is 0.461 e. The summed E-state index contributed by atoms with van der Waals surface area (Å²) in [5, 5.41) is 2.90. The Labute approximate surface area is 156 Å². The number of pyridine rings is 1. The number of hydrogen-bond acceptors (Lipinski definition) is 4. The Hall–Kier alpha value is -2.55. The van der Waals surface area contributed by atoms with Crippen LogP contribution in [0.15, 0.2) is 42.6 Å². The van der Waals surface area contributed by atoms with Crippen LogP contribution >= 0.6 is 11.6 Å². The van der Waals surface area contributed by atoms with Gasteiger partial charge in [-0.15, -0.1) is 0 Å². The SMILES string of the molecule is O=C1NC(Cc2cccc(OC(F)(F)C(F)F)c2)C(c2ccc(Cl)nc2)O1. The number of rotatable bonds is 6. The minimum Gasteiger partial charge on any atom is -0.439 e. The zero-order valence-corrected chi connectivity index (χ0v) is 14.3. The number of cyclic esters (lactones) is 1. The smallest absolute Gasteiger partial charge is 0.439 e. The summed E-state index contributed by atoms with van der Waals surface area (Å²) in [6.07, 6.45) is -8.21. The highest BCUT2D eigenvalue weighted by Gasteiger charge is 2.44. The summed E-state index contributed by atoms with van der Waals surface area (Å²) < 4.78 is 60.0. The molecule has 144 valence electrons. The van der Waals surface area contributed by atoms with Crippen LogP contribution < -0.4 is 10.1 Å². The van der Waals surface area contributed by atoms with Crippen molar-refractivity contribution < 1.29 is 31.8 Å². The zero-order valence-electron chi connectivity index (χ0n) is 13.5. The fourth-order valence-electron chi connectivity index (χ4n) is 2.66. The lowest BCUT2D eigenvalue weighted by molar-refractivity contribution is -0.253. The van der Waals surface area contributed by atoms with Gasteiger partial charge in [0.1, 0.15) is 10.9 Å². The van der Waals surface area contributed by atoms with Gasteiger partial charge in [-0.1, -0.05) is 29.8 Å². The Kier molecular flexibility index (Phi) is 5.41. The maximum atomic E-state index is 13.1. The number of ether oxygens (including phenoxy) is 2. The second-order valence-corrected chi connectivity index (χ2v) is 6.19. The molecule has 5 nitrogen and oxygen atoms in total. The van der Waals surface area contributed by atoms with Crippen molar-refractivity contribution in [2.45, 2.75) is 31.1 Å². The van der Waals surface area contributed by atoms with Gasteiger partial charge >= 0.3 is 18.6 Å². The highest BCUT2D eigenvalue weighted by molar-refractivity contribution is 6.29. The van der Waals surface area contributed by atoms with E-state index in [9.17, 15) is 22.4 Å². The Balaban J connectivity index is 1.76. The molecule has 0 aliphatic carbocycles. The monoisotopic (exact) mass is 404 g/mol. The topological polar surface area (TPSA) is 60.5 Å². The van der Waals surface area contributed by atoms with Gasteiger partial charge in [0, 0.05) is 11.8 Å². The molecule has 2 heterocycles. The normalized spacial score (nSPS) is 19.7. The molecule has 1 aliphatic heterocycles. The number of aromatic nitrogens is 1. The van der Waals surface area contributed by atoms with Crippen LogP contribution in [0.5, 0.6) is 5.75 Å². The van der Waals surface area contributed by atoms with Gasteiger partial charge in [0.2, 0.25) is 0 Å².